The van der Waals surface area contributed by atoms with E-state index in [1.807, 2.05) is 0 Å². The normalized spacial score (nSPS) is 13.4. The van der Waals surface area contributed by atoms with Crippen molar-refractivity contribution in [1.82, 2.24) is 0 Å². The number of nitrogens with two attached hydrogens (primary N) is 1. The number of nitrogens with one attached hydrogen (secondary N) is 1. The minimum Gasteiger partial charge on any atom is -0.496 e. The summed E-state index contributed by atoms with van der Waals surface area (Å²) in [4.78, 5) is 0. The van der Waals surface area contributed by atoms with Gasteiger partial charge >= 0.3 is 0 Å². The van der Waals surface area contributed by atoms with Crippen LogP contribution < -0.4 is 15.8 Å². The zero-order chi connectivity index (χ0) is 10.7. The van der Waals surface area contributed by atoms with Crippen molar-refractivity contribution in [2.75, 3.05) is 25.5 Å². The SMILES string of the molecule is COc1cc2c(cc1CCN)CCCN2.Cl. The van der Waals surface area contributed by atoms with E-state index in [1.54, 1.807) is 7.11 Å². The van der Waals surface area contributed by atoms with Gasteiger partial charge < -0.3 is 15.8 Å². The molecule has 0 amide bonds. The Balaban J connectivity index is 0.00000128. The molecule has 0 unspecified atom stereocenters. The van der Waals surface area contributed by atoms with Crippen molar-refractivity contribution in [3.8, 4) is 5.75 Å². The molecular formula is C12H19ClN2O. The lowest BCUT2D eigenvalue weighted by atomic mass is 9.98. The van der Waals surface area contributed by atoms with E-state index in [4.69, 9.17) is 10.5 Å². The van der Waals surface area contributed by atoms with Gasteiger partial charge in [0.15, 0.2) is 0 Å². The number of hydrogen-bond donors (Lipinski definition) is 2. The summed E-state index contributed by atoms with van der Waals surface area (Å²) in [5, 5.41) is 3.40. The Bertz CT molecular complexity index is 355. The first-order valence-corrected chi connectivity index (χ1v) is 5.49. The second-order valence-corrected chi connectivity index (χ2v) is 3.89. The molecule has 3 N–H and O–H groups in total. The predicted octanol–water partition coefficient (Wildman–Crippen LogP) is 1.98. The summed E-state index contributed by atoms with van der Waals surface area (Å²) < 4.78 is 5.37. The molecule has 0 bridgehead atoms. The smallest absolute Gasteiger partial charge is 0.124 e. The van der Waals surface area contributed by atoms with Crippen molar-refractivity contribution in [3.05, 3.63) is 23.3 Å². The molecule has 0 atom stereocenters. The Morgan fingerprint density at radius 2 is 2.25 bits per heavy atom. The number of halogens is 1. The van der Waals surface area contributed by atoms with Crippen LogP contribution in [0.4, 0.5) is 5.69 Å². The van der Waals surface area contributed by atoms with Crippen LogP contribution in [0.15, 0.2) is 12.1 Å². The second-order valence-electron chi connectivity index (χ2n) is 3.89. The van der Waals surface area contributed by atoms with Gasteiger partial charge in [0.2, 0.25) is 0 Å². The first-order chi connectivity index (χ1) is 7.35. The monoisotopic (exact) mass is 242 g/mol. The molecule has 0 fully saturated rings. The minimum absolute atomic E-state index is 0. The van der Waals surface area contributed by atoms with Crippen molar-refractivity contribution >= 4 is 18.1 Å². The fourth-order valence-corrected chi connectivity index (χ4v) is 2.09. The van der Waals surface area contributed by atoms with Gasteiger partial charge in [-0.1, -0.05) is 6.07 Å². The van der Waals surface area contributed by atoms with Gasteiger partial charge in [-0.15, -0.1) is 12.4 Å². The number of benzene rings is 1. The van der Waals surface area contributed by atoms with Crippen molar-refractivity contribution in [3.63, 3.8) is 0 Å². The summed E-state index contributed by atoms with van der Waals surface area (Å²) in [5.74, 6) is 0.952. The van der Waals surface area contributed by atoms with E-state index in [1.165, 1.54) is 23.2 Å². The molecule has 3 nitrogen and oxygen atoms in total. The first-order valence-electron chi connectivity index (χ1n) is 5.49. The van der Waals surface area contributed by atoms with Crippen LogP contribution >= 0.6 is 12.4 Å². The molecule has 1 aromatic carbocycles. The summed E-state index contributed by atoms with van der Waals surface area (Å²) in [6.45, 7) is 1.73. The lowest BCUT2D eigenvalue weighted by Crippen LogP contribution is -2.13. The van der Waals surface area contributed by atoms with Crippen molar-refractivity contribution < 1.29 is 4.74 Å². The zero-order valence-electron chi connectivity index (χ0n) is 9.58. The van der Waals surface area contributed by atoms with Crippen LogP contribution in [-0.2, 0) is 12.8 Å². The van der Waals surface area contributed by atoms with E-state index in [0.717, 1.165) is 25.1 Å². The van der Waals surface area contributed by atoms with Gasteiger partial charge in [-0.2, -0.15) is 0 Å². The maximum absolute atomic E-state index is 5.59. The van der Waals surface area contributed by atoms with Crippen LogP contribution in [0.2, 0.25) is 0 Å². The van der Waals surface area contributed by atoms with Gasteiger partial charge in [-0.05, 0) is 36.9 Å². The molecule has 2 rings (SSSR count). The van der Waals surface area contributed by atoms with Gasteiger partial charge in [0.25, 0.3) is 0 Å². The van der Waals surface area contributed by atoms with Crippen LogP contribution in [0, 0.1) is 0 Å². The Kier molecular flexibility index (Phi) is 4.90. The van der Waals surface area contributed by atoms with Gasteiger partial charge in [-0.3, -0.25) is 0 Å². The van der Waals surface area contributed by atoms with Crippen molar-refractivity contribution in [2.45, 2.75) is 19.3 Å². The van der Waals surface area contributed by atoms with E-state index < -0.39 is 0 Å². The highest BCUT2D eigenvalue weighted by Gasteiger charge is 2.12. The lowest BCUT2D eigenvalue weighted by Gasteiger charge is -2.20. The highest BCUT2D eigenvalue weighted by atomic mass is 35.5. The van der Waals surface area contributed by atoms with Crippen LogP contribution in [0.1, 0.15) is 17.5 Å². The number of hydrogen-bond acceptors (Lipinski definition) is 3. The number of ether oxygens (including phenoxy) is 1. The number of fused-ring (bicyclic) bond motifs is 1. The Morgan fingerprint density at radius 3 is 2.94 bits per heavy atom. The highest BCUT2D eigenvalue weighted by molar-refractivity contribution is 5.85. The third-order valence-corrected chi connectivity index (χ3v) is 2.86. The van der Waals surface area contributed by atoms with E-state index >= 15 is 0 Å². The van der Waals surface area contributed by atoms with Crippen LogP contribution in [-0.4, -0.2) is 20.2 Å². The number of aryl methyl sites for hydroxylation is 1. The molecule has 90 valence electrons. The highest BCUT2D eigenvalue weighted by Crippen LogP contribution is 2.30. The third kappa shape index (κ3) is 2.60. The molecule has 1 heterocycles. The largest absolute Gasteiger partial charge is 0.496 e. The summed E-state index contributed by atoms with van der Waals surface area (Å²) >= 11 is 0. The maximum Gasteiger partial charge on any atom is 0.124 e. The zero-order valence-corrected chi connectivity index (χ0v) is 10.4. The van der Waals surface area contributed by atoms with Crippen LogP contribution in [0.3, 0.4) is 0 Å². The molecule has 0 spiro atoms. The van der Waals surface area contributed by atoms with E-state index in [2.05, 4.69) is 17.4 Å². The molecule has 0 radical (unpaired) electrons. The Hall–Kier alpha value is -0.930. The number of rotatable bonds is 3. The van der Waals surface area contributed by atoms with E-state index in [-0.39, 0.29) is 12.4 Å². The minimum atomic E-state index is 0. The molecular weight excluding hydrogens is 224 g/mol. The maximum atomic E-state index is 5.59. The molecule has 0 saturated carbocycles. The molecule has 1 aliphatic rings. The summed E-state index contributed by atoms with van der Waals surface area (Å²) in [6.07, 6.45) is 3.25. The standard InChI is InChI=1S/C12H18N2O.ClH/c1-15-12-8-11-9(3-2-6-14-11)7-10(12)4-5-13;/h7-8,14H,2-6,13H2,1H3;1H. The first kappa shape index (κ1) is 13.1. The lowest BCUT2D eigenvalue weighted by molar-refractivity contribution is 0.409. The number of methoxy groups -OCH3 is 1. The van der Waals surface area contributed by atoms with E-state index in [0.29, 0.717) is 6.54 Å². The summed E-state index contributed by atoms with van der Waals surface area (Å²) in [6, 6.07) is 4.33. The Morgan fingerprint density at radius 1 is 1.44 bits per heavy atom. The van der Waals surface area contributed by atoms with Crippen LogP contribution in [0.5, 0.6) is 5.75 Å². The molecule has 1 aromatic rings. The number of anilines is 1. The Labute approximate surface area is 103 Å². The molecule has 0 aliphatic carbocycles. The second kappa shape index (κ2) is 5.97. The van der Waals surface area contributed by atoms with Crippen molar-refractivity contribution in [2.24, 2.45) is 5.73 Å². The van der Waals surface area contributed by atoms with Crippen molar-refractivity contribution in [1.29, 1.82) is 0 Å². The average Bonchev–Trinajstić information content (AvgIpc) is 2.28. The third-order valence-electron chi connectivity index (χ3n) is 2.86. The van der Waals surface area contributed by atoms with Gasteiger partial charge in [0.1, 0.15) is 5.75 Å². The quantitative estimate of drug-likeness (QED) is 0.852. The predicted molar refractivity (Wildman–Crippen MR) is 69.8 cm³/mol. The van der Waals surface area contributed by atoms with Gasteiger partial charge in [-0.25, -0.2) is 0 Å². The summed E-state index contributed by atoms with van der Waals surface area (Å²) in [7, 11) is 1.71. The average molecular weight is 243 g/mol. The fourth-order valence-electron chi connectivity index (χ4n) is 2.09. The topological polar surface area (TPSA) is 47.3 Å². The molecule has 4 heteroatoms. The van der Waals surface area contributed by atoms with Gasteiger partial charge in [0.05, 0.1) is 7.11 Å². The molecule has 0 saturated heterocycles. The molecule has 1 aliphatic heterocycles. The van der Waals surface area contributed by atoms with Crippen LogP contribution in [0.25, 0.3) is 0 Å². The fraction of sp³-hybridized carbons (Fsp3) is 0.500. The van der Waals surface area contributed by atoms with E-state index in [9.17, 15) is 0 Å². The summed E-state index contributed by atoms with van der Waals surface area (Å²) in [5.41, 5.74) is 9.43. The molecule has 16 heavy (non-hydrogen) atoms. The van der Waals surface area contributed by atoms with Gasteiger partial charge in [0, 0.05) is 18.3 Å². The molecule has 0 aromatic heterocycles.